The zero-order valence-corrected chi connectivity index (χ0v) is 11.4. The second-order valence-electron chi connectivity index (χ2n) is 4.36. The second-order valence-corrected chi connectivity index (χ2v) is 5.72. The summed E-state index contributed by atoms with van der Waals surface area (Å²) in [5.41, 5.74) is 2.66. The van der Waals surface area contributed by atoms with Crippen molar-refractivity contribution in [1.82, 2.24) is 4.31 Å². The fraction of sp³-hybridized carbons (Fsp3) is 0.538. The van der Waals surface area contributed by atoms with E-state index in [1.165, 1.54) is 11.3 Å². The third kappa shape index (κ3) is 3.07. The highest BCUT2D eigenvalue weighted by Gasteiger charge is 2.18. The molecule has 0 saturated carbocycles. The first-order valence-electron chi connectivity index (χ1n) is 6.13. The van der Waals surface area contributed by atoms with Gasteiger partial charge in [-0.3, -0.25) is 0 Å². The fourth-order valence-electron chi connectivity index (χ4n) is 2.15. The molecule has 3 nitrogen and oxygen atoms in total. The van der Waals surface area contributed by atoms with E-state index in [1.807, 2.05) is 4.31 Å². The molecule has 1 saturated heterocycles. The van der Waals surface area contributed by atoms with Gasteiger partial charge >= 0.3 is 0 Å². The Hall–Kier alpha value is -0.870. The number of benzene rings is 1. The minimum Gasteiger partial charge on any atom is -0.369 e. The summed E-state index contributed by atoms with van der Waals surface area (Å²) in [6.07, 6.45) is 2.84. The summed E-state index contributed by atoms with van der Waals surface area (Å²) in [6, 6.07) is 8.77. The summed E-state index contributed by atoms with van der Waals surface area (Å²) in [4.78, 5) is 2.36. The van der Waals surface area contributed by atoms with Crippen LogP contribution in [0.2, 0.25) is 0 Å². The van der Waals surface area contributed by atoms with E-state index < -0.39 is 11.0 Å². The average Bonchev–Trinajstić information content (AvgIpc) is 2.39. The van der Waals surface area contributed by atoms with E-state index in [9.17, 15) is 4.21 Å². The maximum atomic E-state index is 11.3. The molecule has 1 fully saturated rings. The summed E-state index contributed by atoms with van der Waals surface area (Å²) < 4.78 is 13.4. The molecule has 17 heavy (non-hydrogen) atoms. The van der Waals surface area contributed by atoms with Crippen LogP contribution in [0.15, 0.2) is 24.3 Å². The van der Waals surface area contributed by atoms with Crippen molar-refractivity contribution in [1.29, 1.82) is 0 Å². The van der Waals surface area contributed by atoms with E-state index in [1.54, 1.807) is 6.26 Å². The SMILES string of the molecule is CCc1ccc(N2CCN(S(C)=O)CC2)cc1. The molecule has 1 unspecified atom stereocenters. The molecule has 0 bridgehead atoms. The van der Waals surface area contributed by atoms with Crippen LogP contribution in [0.5, 0.6) is 0 Å². The molecule has 1 heterocycles. The predicted octanol–water partition coefficient (Wildman–Crippen LogP) is 1.66. The van der Waals surface area contributed by atoms with Gasteiger partial charge in [0.05, 0.1) is 11.0 Å². The Morgan fingerprint density at radius 3 is 2.18 bits per heavy atom. The summed E-state index contributed by atoms with van der Waals surface area (Å²) in [7, 11) is -0.822. The molecule has 0 N–H and O–H groups in total. The Labute approximate surface area is 106 Å². The lowest BCUT2D eigenvalue weighted by Crippen LogP contribution is -2.46. The first-order valence-corrected chi connectivity index (χ1v) is 7.64. The highest BCUT2D eigenvalue weighted by Crippen LogP contribution is 2.17. The molecule has 2 rings (SSSR count). The third-order valence-electron chi connectivity index (χ3n) is 3.31. The molecule has 4 heteroatoms. The molecule has 1 aliphatic heterocycles. The van der Waals surface area contributed by atoms with Crippen molar-refractivity contribution in [2.24, 2.45) is 0 Å². The first kappa shape index (κ1) is 12.6. The first-order chi connectivity index (χ1) is 8.20. The van der Waals surface area contributed by atoms with Gasteiger partial charge in [0.15, 0.2) is 0 Å². The summed E-state index contributed by atoms with van der Waals surface area (Å²) in [5.74, 6) is 0. The minimum atomic E-state index is -0.822. The second kappa shape index (κ2) is 5.65. The molecule has 0 spiro atoms. The third-order valence-corrected chi connectivity index (χ3v) is 4.40. The summed E-state index contributed by atoms with van der Waals surface area (Å²) in [6.45, 7) is 5.87. The number of anilines is 1. The maximum Gasteiger partial charge on any atom is 0.0911 e. The molecule has 0 aliphatic carbocycles. The Balaban J connectivity index is 1.97. The van der Waals surface area contributed by atoms with Gasteiger partial charge in [-0.05, 0) is 24.1 Å². The van der Waals surface area contributed by atoms with Gasteiger partial charge in [0.2, 0.25) is 0 Å². The van der Waals surface area contributed by atoms with Crippen molar-refractivity contribution in [3.63, 3.8) is 0 Å². The van der Waals surface area contributed by atoms with Crippen LogP contribution in [0.4, 0.5) is 5.69 Å². The highest BCUT2D eigenvalue weighted by molar-refractivity contribution is 7.81. The van der Waals surface area contributed by atoms with Crippen LogP contribution >= 0.6 is 0 Å². The molecular weight excluding hydrogens is 232 g/mol. The van der Waals surface area contributed by atoms with Crippen LogP contribution in [0.3, 0.4) is 0 Å². The van der Waals surface area contributed by atoms with E-state index in [4.69, 9.17) is 0 Å². The molecule has 0 amide bonds. The normalized spacial score (nSPS) is 19.3. The topological polar surface area (TPSA) is 23.6 Å². The molecule has 0 radical (unpaired) electrons. The zero-order valence-electron chi connectivity index (χ0n) is 10.6. The molecule has 94 valence electrons. The van der Waals surface area contributed by atoms with Crippen molar-refractivity contribution in [3.05, 3.63) is 29.8 Å². The van der Waals surface area contributed by atoms with Crippen molar-refractivity contribution in [3.8, 4) is 0 Å². The van der Waals surface area contributed by atoms with Gasteiger partial charge in [-0.25, -0.2) is 8.51 Å². The minimum absolute atomic E-state index is 0.822. The maximum absolute atomic E-state index is 11.3. The summed E-state index contributed by atoms with van der Waals surface area (Å²) in [5, 5.41) is 0. The largest absolute Gasteiger partial charge is 0.369 e. The molecule has 1 aliphatic rings. The quantitative estimate of drug-likeness (QED) is 0.817. The van der Waals surface area contributed by atoms with Gasteiger partial charge in [0, 0.05) is 38.1 Å². The van der Waals surface area contributed by atoms with Crippen molar-refractivity contribution < 1.29 is 4.21 Å². The van der Waals surface area contributed by atoms with Crippen LogP contribution in [0.25, 0.3) is 0 Å². The van der Waals surface area contributed by atoms with E-state index in [-0.39, 0.29) is 0 Å². The Bertz CT molecular complexity index is 383. The van der Waals surface area contributed by atoms with Crippen molar-refractivity contribution in [2.45, 2.75) is 13.3 Å². The van der Waals surface area contributed by atoms with Gasteiger partial charge in [0.1, 0.15) is 0 Å². The van der Waals surface area contributed by atoms with Crippen molar-refractivity contribution in [2.75, 3.05) is 37.3 Å². The van der Waals surface area contributed by atoms with Crippen molar-refractivity contribution >= 4 is 16.7 Å². The molecule has 0 aromatic heterocycles. The van der Waals surface area contributed by atoms with E-state index in [2.05, 4.69) is 36.1 Å². The van der Waals surface area contributed by atoms with E-state index >= 15 is 0 Å². The molecule has 1 aromatic rings. The van der Waals surface area contributed by atoms with Crippen LogP contribution in [0, 0.1) is 0 Å². The number of piperazine rings is 1. The molecule has 1 atom stereocenters. The lowest BCUT2D eigenvalue weighted by Gasteiger charge is -2.34. The summed E-state index contributed by atoms with van der Waals surface area (Å²) >= 11 is 0. The lowest BCUT2D eigenvalue weighted by atomic mass is 10.1. The predicted molar refractivity (Wildman–Crippen MR) is 73.7 cm³/mol. The van der Waals surface area contributed by atoms with Crippen LogP contribution < -0.4 is 4.90 Å². The van der Waals surface area contributed by atoms with Gasteiger partial charge in [-0.2, -0.15) is 0 Å². The number of aryl methyl sites for hydroxylation is 1. The Morgan fingerprint density at radius 1 is 1.12 bits per heavy atom. The standard InChI is InChI=1S/C13H20N2OS/c1-3-12-4-6-13(7-5-12)14-8-10-15(11-9-14)17(2)16/h4-7H,3,8-11H2,1-2H3. The number of hydrogen-bond acceptors (Lipinski definition) is 2. The van der Waals surface area contributed by atoms with Gasteiger partial charge in [-0.1, -0.05) is 19.1 Å². The van der Waals surface area contributed by atoms with Crippen LogP contribution in [-0.2, 0) is 17.4 Å². The fourth-order valence-corrected chi connectivity index (χ4v) is 2.82. The lowest BCUT2D eigenvalue weighted by molar-refractivity contribution is 0.412. The van der Waals surface area contributed by atoms with E-state index in [0.717, 1.165) is 32.6 Å². The van der Waals surface area contributed by atoms with Gasteiger partial charge < -0.3 is 4.90 Å². The zero-order chi connectivity index (χ0) is 12.3. The smallest absolute Gasteiger partial charge is 0.0911 e. The van der Waals surface area contributed by atoms with Gasteiger partial charge in [-0.15, -0.1) is 0 Å². The van der Waals surface area contributed by atoms with Crippen LogP contribution in [0.1, 0.15) is 12.5 Å². The van der Waals surface area contributed by atoms with E-state index in [0.29, 0.717) is 0 Å². The molecule has 1 aromatic carbocycles. The van der Waals surface area contributed by atoms with Gasteiger partial charge in [0.25, 0.3) is 0 Å². The van der Waals surface area contributed by atoms with Crippen LogP contribution in [-0.4, -0.2) is 40.9 Å². The number of rotatable bonds is 3. The molecular formula is C13H20N2OS. The highest BCUT2D eigenvalue weighted by atomic mass is 32.2. The number of nitrogens with zero attached hydrogens (tertiary/aromatic N) is 2. The Morgan fingerprint density at radius 2 is 1.71 bits per heavy atom. The average molecular weight is 252 g/mol. The monoisotopic (exact) mass is 252 g/mol. The Kier molecular flexibility index (Phi) is 4.18. The number of hydrogen-bond donors (Lipinski definition) is 0.